The molecule has 238 valence electrons. The predicted molar refractivity (Wildman–Crippen MR) is 182 cm³/mol. The lowest BCUT2D eigenvalue weighted by atomic mass is 9.78. The maximum Gasteiger partial charge on any atom is 0.328 e. The molecule has 2 aromatic rings. The Morgan fingerprint density at radius 1 is 0.953 bits per heavy atom. The Morgan fingerprint density at radius 2 is 1.51 bits per heavy atom. The molecule has 2 atom stereocenters. The summed E-state index contributed by atoms with van der Waals surface area (Å²) in [5.41, 5.74) is 2.08. The molecule has 0 radical (unpaired) electrons. The van der Waals surface area contributed by atoms with Crippen LogP contribution in [0.1, 0.15) is 109 Å². The van der Waals surface area contributed by atoms with E-state index in [9.17, 15) is 14.7 Å². The number of esters is 1. The summed E-state index contributed by atoms with van der Waals surface area (Å²) >= 11 is 0. The van der Waals surface area contributed by atoms with Crippen molar-refractivity contribution < 1.29 is 19.4 Å². The number of halogens is 1. The maximum atomic E-state index is 14.0. The lowest BCUT2D eigenvalue weighted by Gasteiger charge is -2.28. The molecule has 6 nitrogen and oxygen atoms in total. The minimum Gasteiger partial charge on any atom is -0.507 e. The molecule has 2 aromatic carbocycles. The quantitative estimate of drug-likeness (QED) is 0.218. The fourth-order valence-electron chi connectivity index (χ4n) is 5.82. The van der Waals surface area contributed by atoms with E-state index >= 15 is 0 Å². The van der Waals surface area contributed by atoms with E-state index in [0.29, 0.717) is 18.0 Å². The molecule has 1 heterocycles. The first-order valence-electron chi connectivity index (χ1n) is 15.4. The molecule has 0 aliphatic carbocycles. The van der Waals surface area contributed by atoms with Crippen molar-refractivity contribution >= 4 is 34.6 Å². The Bertz CT molecular complexity index is 1250. The number of nitrogens with zero attached hydrogens (tertiary/aromatic N) is 2. The van der Waals surface area contributed by atoms with Gasteiger partial charge in [-0.05, 0) is 68.1 Å². The molecule has 1 aliphatic rings. The third kappa shape index (κ3) is 9.92. The summed E-state index contributed by atoms with van der Waals surface area (Å²) in [5, 5.41) is 11.2. The average Bonchev–Trinajstić information content (AvgIpc) is 3.16. The first-order chi connectivity index (χ1) is 19.4. The maximum absolute atomic E-state index is 14.0. The van der Waals surface area contributed by atoms with Gasteiger partial charge in [-0.25, -0.2) is 0 Å². The second-order valence-corrected chi connectivity index (χ2v) is 14.8. The highest BCUT2D eigenvalue weighted by molar-refractivity contribution is 8.93. The number of rotatable bonds is 9. The monoisotopic (exact) mass is 656 g/mol. The molecule has 7 heteroatoms. The molecule has 2 unspecified atom stereocenters. The molecule has 1 N–H and O–H groups in total. The number of amidine groups is 1. The Balaban J connectivity index is 0.00000645. The number of hydrogen-bond donors (Lipinski definition) is 1. The standard InChI is InChI=1S/C36H52N2O4.BrH/c1-11-15-25-22-38(23-30(39)26-19-28(34(2,3)4)32(41)29(20-26)35(5,6)7)33(37-21-31(40)42-36(8,9)10)27(25)18-24-16-13-12-14-17-24;/h12-14,16-17,19-20,25,27,41H,11,15,18,21-23H2,1-10H3;1H. The highest BCUT2D eigenvalue weighted by Gasteiger charge is 2.39. The van der Waals surface area contributed by atoms with Crippen LogP contribution in [0.3, 0.4) is 0 Å². The number of carbonyl (C=O) groups is 2. The van der Waals surface area contributed by atoms with Gasteiger partial charge in [-0.1, -0.05) is 85.2 Å². The summed E-state index contributed by atoms with van der Waals surface area (Å²) in [6.45, 7) is 20.8. The fraction of sp³-hybridized carbons (Fsp3) is 0.583. The van der Waals surface area contributed by atoms with Gasteiger partial charge in [-0.2, -0.15) is 0 Å². The number of aromatic hydroxyl groups is 1. The van der Waals surface area contributed by atoms with E-state index in [2.05, 4.69) is 24.0 Å². The van der Waals surface area contributed by atoms with Crippen molar-refractivity contribution in [3.63, 3.8) is 0 Å². The Labute approximate surface area is 270 Å². The van der Waals surface area contributed by atoms with E-state index in [-0.39, 0.29) is 64.3 Å². The Morgan fingerprint density at radius 3 is 2.00 bits per heavy atom. The number of phenolic OH excluding ortho intramolecular Hbond substituents is 1. The third-order valence-electron chi connectivity index (χ3n) is 7.81. The number of likely N-dealkylation sites (tertiary alicyclic amines) is 1. The molecule has 0 bridgehead atoms. The molecule has 1 aliphatic heterocycles. The summed E-state index contributed by atoms with van der Waals surface area (Å²) < 4.78 is 5.56. The van der Waals surface area contributed by atoms with Crippen molar-refractivity contribution in [1.82, 2.24) is 4.90 Å². The second kappa shape index (κ2) is 14.4. The van der Waals surface area contributed by atoms with Crippen LogP contribution < -0.4 is 0 Å². The van der Waals surface area contributed by atoms with Gasteiger partial charge in [0.15, 0.2) is 5.78 Å². The molecule has 0 aromatic heterocycles. The normalized spacial score (nSPS) is 18.5. The number of carbonyl (C=O) groups excluding carboxylic acids is 2. The van der Waals surface area contributed by atoms with Gasteiger partial charge in [0, 0.05) is 29.2 Å². The fourth-order valence-corrected chi connectivity index (χ4v) is 5.82. The van der Waals surface area contributed by atoms with Crippen LogP contribution in [0, 0.1) is 11.8 Å². The predicted octanol–water partition coefficient (Wildman–Crippen LogP) is 8.08. The molecular formula is C36H53BrN2O4. The molecular weight excluding hydrogens is 604 g/mol. The van der Waals surface area contributed by atoms with Crippen LogP contribution in [0.5, 0.6) is 5.75 Å². The smallest absolute Gasteiger partial charge is 0.328 e. The van der Waals surface area contributed by atoms with Crippen LogP contribution in [0.2, 0.25) is 0 Å². The lowest BCUT2D eigenvalue weighted by molar-refractivity contribution is -0.152. The molecule has 1 saturated heterocycles. The number of aliphatic imine (C=N–C) groups is 1. The molecule has 3 rings (SSSR count). The van der Waals surface area contributed by atoms with Crippen molar-refractivity contribution in [1.29, 1.82) is 0 Å². The minimum atomic E-state index is -0.592. The molecule has 43 heavy (non-hydrogen) atoms. The zero-order chi connectivity index (χ0) is 31.5. The van der Waals surface area contributed by atoms with E-state index in [0.717, 1.165) is 36.2 Å². The van der Waals surface area contributed by atoms with Gasteiger partial charge in [0.1, 0.15) is 23.7 Å². The van der Waals surface area contributed by atoms with E-state index in [1.807, 2.05) is 92.6 Å². The zero-order valence-electron chi connectivity index (χ0n) is 27.9. The van der Waals surface area contributed by atoms with Crippen LogP contribution in [0.25, 0.3) is 0 Å². The zero-order valence-corrected chi connectivity index (χ0v) is 29.6. The molecule has 0 spiro atoms. The van der Waals surface area contributed by atoms with Gasteiger partial charge in [-0.15, -0.1) is 17.0 Å². The summed E-state index contributed by atoms with van der Waals surface area (Å²) in [6.07, 6.45) is 2.83. The largest absolute Gasteiger partial charge is 0.507 e. The highest BCUT2D eigenvalue weighted by atomic mass is 79.9. The molecule has 0 saturated carbocycles. The Hall–Kier alpha value is -2.67. The highest BCUT2D eigenvalue weighted by Crippen LogP contribution is 2.40. The number of phenols is 1. The lowest BCUT2D eigenvalue weighted by Crippen LogP contribution is -2.34. The van der Waals surface area contributed by atoms with Gasteiger partial charge in [0.05, 0.1) is 6.54 Å². The summed E-state index contributed by atoms with van der Waals surface area (Å²) in [7, 11) is 0. The average molecular weight is 658 g/mol. The SMILES string of the molecule is Br.CCCC1CN(CC(=O)c2cc(C(C)(C)C)c(O)c(C(C)(C)C)c2)C(=NCC(=O)OC(C)(C)C)C1Cc1ccccc1. The summed E-state index contributed by atoms with van der Waals surface area (Å²) in [4.78, 5) is 33.6. The van der Waals surface area contributed by atoms with Gasteiger partial charge in [-0.3, -0.25) is 14.6 Å². The van der Waals surface area contributed by atoms with Gasteiger partial charge < -0.3 is 14.7 Å². The third-order valence-corrected chi connectivity index (χ3v) is 7.81. The second-order valence-electron chi connectivity index (χ2n) is 14.8. The van der Waals surface area contributed by atoms with E-state index in [1.165, 1.54) is 5.56 Å². The number of ketones is 1. The number of Topliss-reactive ketones (excluding diaryl/α,β-unsaturated/α-hetero) is 1. The van der Waals surface area contributed by atoms with Crippen molar-refractivity contribution in [2.24, 2.45) is 16.8 Å². The van der Waals surface area contributed by atoms with Crippen molar-refractivity contribution in [2.75, 3.05) is 19.6 Å². The van der Waals surface area contributed by atoms with Crippen LogP contribution in [0.15, 0.2) is 47.5 Å². The van der Waals surface area contributed by atoms with E-state index in [4.69, 9.17) is 9.73 Å². The van der Waals surface area contributed by atoms with Gasteiger partial charge >= 0.3 is 5.97 Å². The van der Waals surface area contributed by atoms with E-state index < -0.39 is 5.60 Å². The van der Waals surface area contributed by atoms with Crippen LogP contribution >= 0.6 is 17.0 Å². The summed E-state index contributed by atoms with van der Waals surface area (Å²) in [6, 6.07) is 14.1. The van der Waals surface area contributed by atoms with Crippen molar-refractivity contribution in [3.8, 4) is 5.75 Å². The van der Waals surface area contributed by atoms with Crippen molar-refractivity contribution in [2.45, 2.75) is 105 Å². The summed E-state index contributed by atoms with van der Waals surface area (Å²) in [5.74, 6) is 1.09. The van der Waals surface area contributed by atoms with Crippen LogP contribution in [-0.4, -0.2) is 52.8 Å². The minimum absolute atomic E-state index is 0. The van der Waals surface area contributed by atoms with Crippen LogP contribution in [-0.2, 0) is 26.8 Å². The van der Waals surface area contributed by atoms with Crippen molar-refractivity contribution in [3.05, 3.63) is 64.7 Å². The molecule has 0 amide bonds. The number of benzene rings is 2. The number of ether oxygens (including phenoxy) is 1. The van der Waals surface area contributed by atoms with Gasteiger partial charge in [0.2, 0.25) is 0 Å². The topological polar surface area (TPSA) is 79.2 Å². The van der Waals surface area contributed by atoms with E-state index in [1.54, 1.807) is 0 Å². The number of hydrogen-bond acceptors (Lipinski definition) is 5. The van der Waals surface area contributed by atoms with Crippen LogP contribution in [0.4, 0.5) is 0 Å². The Kier molecular flexibility index (Phi) is 12.2. The first-order valence-corrected chi connectivity index (χ1v) is 15.4. The molecule has 1 fully saturated rings. The van der Waals surface area contributed by atoms with Gasteiger partial charge in [0.25, 0.3) is 0 Å². The first kappa shape index (κ1) is 36.5.